The maximum atomic E-state index is 12.8. The molecule has 1 aromatic carbocycles. The molecule has 2 heterocycles. The number of thioether (sulfide) groups is 1. The van der Waals surface area contributed by atoms with E-state index in [-0.39, 0.29) is 17.1 Å². The van der Waals surface area contributed by atoms with Gasteiger partial charge in [-0.15, -0.1) is 0 Å². The smallest absolute Gasteiger partial charge is 0.289 e. The van der Waals surface area contributed by atoms with Gasteiger partial charge in [-0.1, -0.05) is 25.5 Å². The van der Waals surface area contributed by atoms with E-state index in [1.165, 1.54) is 6.07 Å². The Hall–Kier alpha value is -1.75. The van der Waals surface area contributed by atoms with E-state index in [4.69, 9.17) is 4.42 Å². The van der Waals surface area contributed by atoms with Crippen molar-refractivity contribution in [2.45, 2.75) is 31.4 Å². The molecule has 1 aliphatic heterocycles. The maximum Gasteiger partial charge on any atom is 0.289 e. The number of amides is 1. The zero-order valence-electron chi connectivity index (χ0n) is 13.3. The van der Waals surface area contributed by atoms with Gasteiger partial charge in [0.2, 0.25) is 0 Å². The minimum atomic E-state index is -0.170. The van der Waals surface area contributed by atoms with Crippen LogP contribution in [0.4, 0.5) is 0 Å². The Labute approximate surface area is 139 Å². The van der Waals surface area contributed by atoms with E-state index in [9.17, 15) is 9.59 Å². The van der Waals surface area contributed by atoms with E-state index in [0.717, 1.165) is 38.1 Å². The van der Waals surface area contributed by atoms with E-state index in [0.29, 0.717) is 16.2 Å². The number of hydrogen-bond acceptors (Lipinski definition) is 4. The van der Waals surface area contributed by atoms with Gasteiger partial charge in [0.25, 0.3) is 5.91 Å². The number of rotatable bonds is 3. The molecule has 4 nitrogen and oxygen atoms in total. The first-order chi connectivity index (χ1) is 11.2. The lowest BCUT2D eigenvalue weighted by Gasteiger charge is -2.23. The summed E-state index contributed by atoms with van der Waals surface area (Å²) >= 11 is 1.90. The van der Waals surface area contributed by atoms with Crippen molar-refractivity contribution in [3.63, 3.8) is 0 Å². The van der Waals surface area contributed by atoms with Gasteiger partial charge >= 0.3 is 0 Å². The Morgan fingerprint density at radius 3 is 3.00 bits per heavy atom. The minimum Gasteiger partial charge on any atom is -0.451 e. The number of likely N-dealkylation sites (tertiary alicyclic amines) is 1. The van der Waals surface area contributed by atoms with Crippen molar-refractivity contribution >= 4 is 28.6 Å². The maximum absolute atomic E-state index is 12.8. The molecule has 1 atom stereocenters. The summed E-state index contributed by atoms with van der Waals surface area (Å²) in [6, 6.07) is 8.37. The fraction of sp³-hybridized carbons (Fsp3) is 0.444. The van der Waals surface area contributed by atoms with Gasteiger partial charge < -0.3 is 9.32 Å². The summed E-state index contributed by atoms with van der Waals surface area (Å²) in [6.07, 6.45) is 3.29. The van der Waals surface area contributed by atoms with Gasteiger partial charge in [0.1, 0.15) is 5.58 Å². The highest BCUT2D eigenvalue weighted by atomic mass is 32.2. The fourth-order valence-electron chi connectivity index (χ4n) is 3.02. The molecule has 3 rings (SSSR count). The molecule has 5 heteroatoms. The summed E-state index contributed by atoms with van der Waals surface area (Å²) in [5, 5.41) is 0.984. The van der Waals surface area contributed by atoms with Gasteiger partial charge in [-0.3, -0.25) is 9.59 Å². The lowest BCUT2D eigenvalue weighted by Crippen LogP contribution is -2.36. The van der Waals surface area contributed by atoms with Gasteiger partial charge in [-0.2, -0.15) is 11.8 Å². The molecule has 0 saturated carbocycles. The van der Waals surface area contributed by atoms with Crippen LogP contribution in [-0.4, -0.2) is 34.9 Å². The summed E-state index contributed by atoms with van der Waals surface area (Å²) in [5.74, 6) is 1.03. The third kappa shape index (κ3) is 3.61. The number of carbonyl (C=O) groups excluding carboxylic acids is 1. The van der Waals surface area contributed by atoms with Crippen LogP contribution in [0.15, 0.2) is 39.5 Å². The van der Waals surface area contributed by atoms with E-state index < -0.39 is 0 Å². The molecule has 0 radical (unpaired) electrons. The van der Waals surface area contributed by atoms with Crippen molar-refractivity contribution in [3.05, 3.63) is 46.3 Å². The van der Waals surface area contributed by atoms with Gasteiger partial charge in [0.05, 0.1) is 5.39 Å². The molecule has 1 fully saturated rings. The number of nitrogens with zero attached hydrogens (tertiary/aromatic N) is 1. The van der Waals surface area contributed by atoms with Crippen LogP contribution in [0.25, 0.3) is 11.0 Å². The molecule has 0 unspecified atom stereocenters. The summed E-state index contributed by atoms with van der Waals surface area (Å²) < 4.78 is 5.70. The summed E-state index contributed by atoms with van der Waals surface area (Å²) in [6.45, 7) is 3.61. The molecule has 0 bridgehead atoms. The molecule has 1 amide bonds. The molecule has 2 aromatic rings. The molecular formula is C18H21NO3S. The third-order valence-electron chi connectivity index (χ3n) is 4.16. The largest absolute Gasteiger partial charge is 0.451 e. The molecule has 122 valence electrons. The Balaban J connectivity index is 1.88. The SMILES string of the molecule is CCS[C@H]1CCCCN(C(=O)c2cc(=O)c3ccccc3o2)C1. The van der Waals surface area contributed by atoms with Crippen LogP contribution in [0.1, 0.15) is 36.7 Å². The number of para-hydroxylation sites is 1. The first kappa shape index (κ1) is 16.1. The standard InChI is InChI=1S/C18H21NO3S/c1-2-23-13-7-5-6-10-19(12-13)18(21)17-11-15(20)14-8-3-4-9-16(14)22-17/h3-4,8-9,11,13H,2,5-7,10,12H2,1H3/t13-/m0/s1. The van der Waals surface area contributed by atoms with E-state index in [2.05, 4.69) is 6.92 Å². The molecule has 0 aliphatic carbocycles. The Kier molecular flexibility index (Phi) is 5.06. The normalized spacial score (nSPS) is 18.8. The highest BCUT2D eigenvalue weighted by Crippen LogP contribution is 2.23. The highest BCUT2D eigenvalue weighted by molar-refractivity contribution is 7.99. The number of hydrogen-bond donors (Lipinski definition) is 0. The minimum absolute atomic E-state index is 0.149. The first-order valence-electron chi connectivity index (χ1n) is 8.13. The summed E-state index contributed by atoms with van der Waals surface area (Å²) in [7, 11) is 0. The highest BCUT2D eigenvalue weighted by Gasteiger charge is 2.25. The average molecular weight is 331 g/mol. The Bertz CT molecular complexity index is 755. The quantitative estimate of drug-likeness (QED) is 0.863. The Morgan fingerprint density at radius 2 is 2.17 bits per heavy atom. The predicted octanol–water partition coefficient (Wildman–Crippen LogP) is 3.54. The third-order valence-corrected chi connectivity index (χ3v) is 5.35. The van der Waals surface area contributed by atoms with Crippen molar-refractivity contribution in [2.75, 3.05) is 18.8 Å². The monoisotopic (exact) mass is 331 g/mol. The van der Waals surface area contributed by atoms with Gasteiger partial charge in [0, 0.05) is 24.4 Å². The zero-order chi connectivity index (χ0) is 16.2. The average Bonchev–Trinajstić information content (AvgIpc) is 2.80. The molecule has 1 aromatic heterocycles. The predicted molar refractivity (Wildman–Crippen MR) is 94.2 cm³/mol. The number of benzene rings is 1. The van der Waals surface area contributed by atoms with Crippen molar-refractivity contribution in [1.82, 2.24) is 4.90 Å². The second-order valence-electron chi connectivity index (χ2n) is 5.80. The molecule has 1 saturated heterocycles. The van der Waals surface area contributed by atoms with Gasteiger partial charge in [0.15, 0.2) is 11.2 Å². The molecular weight excluding hydrogens is 310 g/mol. The zero-order valence-corrected chi connectivity index (χ0v) is 14.1. The van der Waals surface area contributed by atoms with E-state index in [1.54, 1.807) is 24.3 Å². The molecule has 1 aliphatic rings. The molecule has 0 N–H and O–H groups in total. The second-order valence-corrected chi connectivity index (χ2v) is 7.37. The van der Waals surface area contributed by atoms with Crippen LogP contribution < -0.4 is 5.43 Å². The van der Waals surface area contributed by atoms with Gasteiger partial charge in [-0.05, 0) is 30.7 Å². The lowest BCUT2D eigenvalue weighted by molar-refractivity contribution is 0.0732. The van der Waals surface area contributed by atoms with E-state index >= 15 is 0 Å². The lowest BCUT2D eigenvalue weighted by atomic mass is 10.2. The van der Waals surface area contributed by atoms with Crippen LogP contribution >= 0.6 is 11.8 Å². The molecule has 0 spiro atoms. The molecule has 23 heavy (non-hydrogen) atoms. The number of fused-ring (bicyclic) bond motifs is 1. The van der Waals surface area contributed by atoms with Gasteiger partial charge in [-0.25, -0.2) is 0 Å². The topological polar surface area (TPSA) is 50.5 Å². The van der Waals surface area contributed by atoms with Crippen LogP contribution in [0, 0.1) is 0 Å². The first-order valence-corrected chi connectivity index (χ1v) is 9.17. The number of carbonyl (C=O) groups is 1. The van der Waals surface area contributed by atoms with Crippen molar-refractivity contribution in [3.8, 4) is 0 Å². The van der Waals surface area contributed by atoms with Crippen LogP contribution in [0.3, 0.4) is 0 Å². The summed E-state index contributed by atoms with van der Waals surface area (Å²) in [5.41, 5.74) is 0.308. The van der Waals surface area contributed by atoms with Crippen molar-refractivity contribution < 1.29 is 9.21 Å². The summed E-state index contributed by atoms with van der Waals surface area (Å²) in [4.78, 5) is 26.8. The second kappa shape index (κ2) is 7.21. The van der Waals surface area contributed by atoms with Crippen LogP contribution in [0.2, 0.25) is 0 Å². The van der Waals surface area contributed by atoms with Crippen LogP contribution in [-0.2, 0) is 0 Å². The fourth-order valence-corrected chi connectivity index (χ4v) is 4.11. The van der Waals surface area contributed by atoms with Crippen molar-refractivity contribution in [2.24, 2.45) is 0 Å². The van der Waals surface area contributed by atoms with Crippen molar-refractivity contribution in [1.29, 1.82) is 0 Å². The van der Waals surface area contributed by atoms with E-state index in [1.807, 2.05) is 16.7 Å². The Morgan fingerprint density at radius 1 is 1.35 bits per heavy atom. The van der Waals surface area contributed by atoms with Crippen LogP contribution in [0.5, 0.6) is 0 Å².